The summed E-state index contributed by atoms with van der Waals surface area (Å²) >= 11 is 5.93. The molecule has 5 rings (SSSR count). The fourth-order valence-electron chi connectivity index (χ4n) is 4.62. The minimum absolute atomic E-state index is 0.0390. The number of nitrogens with zero attached hydrogens (tertiary/aromatic N) is 3. The lowest BCUT2D eigenvalue weighted by atomic mass is 10.00. The molecule has 0 saturated heterocycles. The van der Waals surface area contributed by atoms with Crippen LogP contribution in [0.3, 0.4) is 0 Å². The summed E-state index contributed by atoms with van der Waals surface area (Å²) in [5, 5.41) is 0.0390. The van der Waals surface area contributed by atoms with Crippen molar-refractivity contribution in [3.05, 3.63) is 75.7 Å². The van der Waals surface area contributed by atoms with Gasteiger partial charge in [0.1, 0.15) is 23.9 Å². The highest BCUT2D eigenvalue weighted by Gasteiger charge is 2.31. The highest BCUT2D eigenvalue weighted by molar-refractivity contribution is 6.31. The fraction of sp³-hybridized carbons (Fsp3) is 0.269. The number of methoxy groups -OCH3 is 1. The van der Waals surface area contributed by atoms with Crippen molar-refractivity contribution in [2.24, 2.45) is 0 Å². The largest absolute Gasteiger partial charge is 0.497 e. The highest BCUT2D eigenvalue weighted by Crippen LogP contribution is 2.33. The molecule has 2 amide bonds. The molecule has 3 aromatic rings. The third-order valence-electron chi connectivity index (χ3n) is 6.49. The Labute approximate surface area is 201 Å². The zero-order chi connectivity index (χ0) is 24.0. The molecule has 2 aliphatic heterocycles. The number of halogens is 2. The monoisotopic (exact) mass is 479 g/mol. The molecule has 2 aromatic carbocycles. The van der Waals surface area contributed by atoms with Gasteiger partial charge in [-0.1, -0.05) is 17.7 Å². The normalized spacial score (nSPS) is 14.8. The topological polar surface area (TPSA) is 62.7 Å². The van der Waals surface area contributed by atoms with Crippen molar-refractivity contribution in [3.8, 4) is 16.9 Å². The van der Waals surface area contributed by atoms with Gasteiger partial charge in [-0.2, -0.15) is 0 Å². The predicted molar refractivity (Wildman–Crippen MR) is 127 cm³/mol. The lowest BCUT2D eigenvalue weighted by Gasteiger charge is -2.29. The van der Waals surface area contributed by atoms with Crippen molar-refractivity contribution < 1.29 is 18.7 Å². The zero-order valence-electron chi connectivity index (χ0n) is 18.9. The molecule has 6 nitrogen and oxygen atoms in total. The van der Waals surface area contributed by atoms with E-state index in [4.69, 9.17) is 16.3 Å². The van der Waals surface area contributed by atoms with E-state index >= 15 is 0 Å². The number of ether oxygens (including phenoxy) is 1. The van der Waals surface area contributed by atoms with Gasteiger partial charge in [0.2, 0.25) is 11.8 Å². The molecule has 0 bridgehead atoms. The molecule has 174 valence electrons. The molecule has 0 spiro atoms. The Morgan fingerprint density at radius 2 is 1.94 bits per heavy atom. The summed E-state index contributed by atoms with van der Waals surface area (Å²) in [4.78, 5) is 33.7. The van der Waals surface area contributed by atoms with Crippen LogP contribution in [0, 0.1) is 12.7 Å². The van der Waals surface area contributed by atoms with Gasteiger partial charge in [-0.05, 0) is 71.5 Å². The predicted octanol–water partition coefficient (Wildman–Crippen LogP) is 4.68. The quantitative estimate of drug-likeness (QED) is 0.545. The average Bonchev–Trinajstić information content (AvgIpc) is 3.27. The van der Waals surface area contributed by atoms with Gasteiger partial charge in [-0.3, -0.25) is 14.5 Å². The summed E-state index contributed by atoms with van der Waals surface area (Å²) in [5.74, 6) is 0.529. The van der Waals surface area contributed by atoms with Gasteiger partial charge in [-0.15, -0.1) is 0 Å². The first kappa shape index (κ1) is 22.3. The van der Waals surface area contributed by atoms with E-state index in [1.54, 1.807) is 30.3 Å². The molecule has 0 atom stereocenters. The van der Waals surface area contributed by atoms with Crippen LogP contribution in [-0.4, -0.2) is 35.4 Å². The summed E-state index contributed by atoms with van der Waals surface area (Å²) in [6.45, 7) is 2.94. The molecule has 0 fully saturated rings. The number of hydrogen-bond donors (Lipinski definition) is 0. The molecular weight excluding hydrogens is 457 g/mol. The van der Waals surface area contributed by atoms with Gasteiger partial charge in [0.15, 0.2) is 0 Å². The van der Waals surface area contributed by atoms with E-state index in [9.17, 15) is 14.0 Å². The second kappa shape index (κ2) is 8.72. The van der Waals surface area contributed by atoms with E-state index in [1.807, 2.05) is 25.1 Å². The van der Waals surface area contributed by atoms with Crippen LogP contribution in [0.5, 0.6) is 5.75 Å². The molecule has 0 N–H and O–H groups in total. The Bertz CT molecular complexity index is 1330. The van der Waals surface area contributed by atoms with E-state index in [0.717, 1.165) is 39.1 Å². The van der Waals surface area contributed by atoms with E-state index in [-0.39, 0.29) is 23.4 Å². The SMILES string of the molecule is COc1cc(C)c2c(c1)CN(C(=O)CN1C(=O)CCc3cc(-c4ccc(F)c(Cl)c4)cnc31)C2. The van der Waals surface area contributed by atoms with Gasteiger partial charge in [0.25, 0.3) is 0 Å². The lowest BCUT2D eigenvalue weighted by Crippen LogP contribution is -2.43. The van der Waals surface area contributed by atoms with Crippen LogP contribution >= 0.6 is 11.6 Å². The maximum absolute atomic E-state index is 13.5. The van der Waals surface area contributed by atoms with E-state index in [1.165, 1.54) is 11.0 Å². The Morgan fingerprint density at radius 1 is 1.12 bits per heavy atom. The van der Waals surface area contributed by atoms with Gasteiger partial charge in [0.05, 0.1) is 12.1 Å². The van der Waals surface area contributed by atoms with Crippen molar-refractivity contribution in [2.75, 3.05) is 18.6 Å². The number of benzene rings is 2. The van der Waals surface area contributed by atoms with Crippen LogP contribution in [0.15, 0.2) is 42.6 Å². The van der Waals surface area contributed by atoms with E-state index in [2.05, 4.69) is 4.98 Å². The third kappa shape index (κ3) is 4.01. The summed E-state index contributed by atoms with van der Waals surface area (Å²) in [6.07, 6.45) is 2.45. The number of amides is 2. The average molecular weight is 480 g/mol. The lowest BCUT2D eigenvalue weighted by molar-refractivity contribution is -0.132. The molecule has 1 aromatic heterocycles. The molecule has 3 heterocycles. The molecule has 2 aliphatic rings. The first-order valence-electron chi connectivity index (χ1n) is 11.0. The number of aryl methyl sites for hydroxylation is 2. The van der Waals surface area contributed by atoms with Crippen molar-refractivity contribution in [1.82, 2.24) is 9.88 Å². The van der Waals surface area contributed by atoms with Gasteiger partial charge < -0.3 is 9.64 Å². The number of fused-ring (bicyclic) bond motifs is 2. The minimum Gasteiger partial charge on any atom is -0.497 e. The number of pyridine rings is 1. The van der Waals surface area contributed by atoms with Crippen LogP contribution in [0.1, 0.15) is 28.7 Å². The maximum Gasteiger partial charge on any atom is 0.243 e. The van der Waals surface area contributed by atoms with Gasteiger partial charge in [0, 0.05) is 31.3 Å². The Hall–Kier alpha value is -3.45. The van der Waals surface area contributed by atoms with Crippen LogP contribution in [0.2, 0.25) is 5.02 Å². The van der Waals surface area contributed by atoms with E-state index in [0.29, 0.717) is 31.7 Å². The Kier molecular flexibility index (Phi) is 5.73. The summed E-state index contributed by atoms with van der Waals surface area (Å²) in [7, 11) is 1.63. The number of rotatable bonds is 4. The minimum atomic E-state index is -0.482. The zero-order valence-corrected chi connectivity index (χ0v) is 19.7. The number of carbonyl (C=O) groups is 2. The smallest absolute Gasteiger partial charge is 0.243 e. The van der Waals surface area contributed by atoms with Crippen molar-refractivity contribution in [1.29, 1.82) is 0 Å². The fourth-order valence-corrected chi connectivity index (χ4v) is 4.81. The van der Waals surface area contributed by atoms with E-state index < -0.39 is 5.82 Å². The molecule has 0 unspecified atom stereocenters. The Balaban J connectivity index is 1.37. The third-order valence-corrected chi connectivity index (χ3v) is 6.78. The van der Waals surface area contributed by atoms with Crippen LogP contribution in [-0.2, 0) is 29.1 Å². The summed E-state index contributed by atoms with van der Waals surface area (Å²) in [5.41, 5.74) is 5.66. The molecular formula is C26H23ClFN3O3. The summed E-state index contributed by atoms with van der Waals surface area (Å²) < 4.78 is 18.9. The first-order valence-corrected chi connectivity index (χ1v) is 11.4. The Morgan fingerprint density at radius 3 is 2.71 bits per heavy atom. The molecule has 8 heteroatoms. The molecule has 34 heavy (non-hydrogen) atoms. The molecule has 0 aliphatic carbocycles. The molecule has 0 radical (unpaired) electrons. The maximum atomic E-state index is 13.5. The van der Waals surface area contributed by atoms with Crippen molar-refractivity contribution >= 4 is 29.2 Å². The van der Waals surface area contributed by atoms with Gasteiger partial charge >= 0.3 is 0 Å². The summed E-state index contributed by atoms with van der Waals surface area (Å²) in [6, 6.07) is 10.4. The second-order valence-electron chi connectivity index (χ2n) is 8.65. The van der Waals surface area contributed by atoms with Gasteiger partial charge in [-0.25, -0.2) is 9.37 Å². The highest BCUT2D eigenvalue weighted by atomic mass is 35.5. The number of anilines is 1. The standard InChI is InChI=1S/C26H23ClFN3O3/c1-15-7-20(34-2)9-19-12-30(13-21(15)19)25(33)14-31-24(32)6-4-17-8-18(11-29-26(17)31)16-3-5-23(28)22(27)10-16/h3,5,7-11H,4,6,12-14H2,1-2H3. The number of hydrogen-bond acceptors (Lipinski definition) is 4. The van der Waals surface area contributed by atoms with Crippen molar-refractivity contribution in [2.45, 2.75) is 32.9 Å². The van der Waals surface area contributed by atoms with Crippen LogP contribution in [0.4, 0.5) is 10.2 Å². The second-order valence-corrected chi connectivity index (χ2v) is 9.05. The number of carbonyl (C=O) groups excluding carboxylic acids is 2. The number of aromatic nitrogens is 1. The molecule has 0 saturated carbocycles. The van der Waals surface area contributed by atoms with Crippen molar-refractivity contribution in [3.63, 3.8) is 0 Å². The first-order chi connectivity index (χ1) is 16.3. The van der Waals surface area contributed by atoms with Crippen LogP contribution < -0.4 is 9.64 Å². The van der Waals surface area contributed by atoms with Crippen LogP contribution in [0.25, 0.3) is 11.1 Å².